The summed E-state index contributed by atoms with van der Waals surface area (Å²) in [7, 11) is 0. The molecule has 5 heteroatoms. The lowest BCUT2D eigenvalue weighted by atomic mass is 10.1. The van der Waals surface area contributed by atoms with Gasteiger partial charge in [0, 0.05) is 12.6 Å². The van der Waals surface area contributed by atoms with E-state index in [1.807, 2.05) is 0 Å². The second kappa shape index (κ2) is 4.68. The zero-order chi connectivity index (χ0) is 10.8. The number of aromatic nitrogens is 1. The first-order chi connectivity index (χ1) is 7.22. The predicted octanol–water partition coefficient (Wildman–Crippen LogP) is 2.67. The number of thiazole rings is 1. The minimum absolute atomic E-state index is 0.0152. The Balaban J connectivity index is 2.20. The first-order valence-corrected chi connectivity index (χ1v) is 6.44. The first kappa shape index (κ1) is 11.2. The highest BCUT2D eigenvalue weighted by Gasteiger charge is 2.22. The molecule has 1 atom stereocenters. The van der Waals surface area contributed by atoms with Crippen LogP contribution in [0, 0.1) is 0 Å². The van der Waals surface area contributed by atoms with Crippen LogP contribution in [-0.2, 0) is 6.61 Å². The van der Waals surface area contributed by atoms with Crippen LogP contribution in [0.4, 0.5) is 5.13 Å². The lowest BCUT2D eigenvalue weighted by Gasteiger charge is -2.32. The highest BCUT2D eigenvalue weighted by atomic mass is 35.5. The number of aliphatic hydroxyl groups excluding tert-OH is 1. The van der Waals surface area contributed by atoms with Crippen molar-refractivity contribution in [3.05, 3.63) is 10.0 Å². The van der Waals surface area contributed by atoms with Crippen molar-refractivity contribution in [2.75, 3.05) is 11.4 Å². The molecule has 0 bridgehead atoms. The van der Waals surface area contributed by atoms with E-state index in [2.05, 4.69) is 16.8 Å². The molecule has 3 nitrogen and oxygen atoms in total. The third-order valence-corrected chi connectivity index (χ3v) is 4.33. The first-order valence-electron chi connectivity index (χ1n) is 5.25. The van der Waals surface area contributed by atoms with Gasteiger partial charge >= 0.3 is 0 Å². The van der Waals surface area contributed by atoms with Gasteiger partial charge in [-0.2, -0.15) is 0 Å². The number of rotatable bonds is 2. The van der Waals surface area contributed by atoms with Gasteiger partial charge < -0.3 is 10.0 Å². The molecule has 1 fully saturated rings. The maximum absolute atomic E-state index is 9.06. The number of anilines is 1. The number of halogens is 1. The lowest BCUT2D eigenvalue weighted by Crippen LogP contribution is -2.37. The summed E-state index contributed by atoms with van der Waals surface area (Å²) in [6.45, 7) is 3.25. The fourth-order valence-electron chi connectivity index (χ4n) is 1.92. The number of aliphatic hydroxyl groups is 1. The molecular formula is C10H15ClN2OS. The van der Waals surface area contributed by atoms with E-state index in [-0.39, 0.29) is 6.61 Å². The van der Waals surface area contributed by atoms with Gasteiger partial charge in [0.15, 0.2) is 5.13 Å². The number of hydrogen-bond acceptors (Lipinski definition) is 4. The van der Waals surface area contributed by atoms with Gasteiger partial charge in [-0.15, -0.1) is 0 Å². The van der Waals surface area contributed by atoms with E-state index in [1.165, 1.54) is 30.6 Å². The zero-order valence-corrected chi connectivity index (χ0v) is 10.3. The molecule has 1 aromatic heterocycles. The number of hydrogen-bond donors (Lipinski definition) is 1. The molecule has 0 aromatic carbocycles. The molecule has 0 amide bonds. The molecule has 2 heterocycles. The topological polar surface area (TPSA) is 36.4 Å². The molecule has 1 saturated heterocycles. The summed E-state index contributed by atoms with van der Waals surface area (Å²) in [4.78, 5) is 7.36. The molecule has 1 N–H and O–H groups in total. The Hall–Kier alpha value is -0.320. The van der Waals surface area contributed by atoms with Crippen molar-refractivity contribution in [3.8, 4) is 0 Å². The van der Waals surface area contributed by atoms with Crippen LogP contribution in [0.25, 0.3) is 0 Å². The van der Waals surface area contributed by atoms with Crippen molar-refractivity contribution in [3.63, 3.8) is 0 Å². The molecule has 1 unspecified atom stereocenters. The second-order valence-corrected chi connectivity index (χ2v) is 5.33. The van der Waals surface area contributed by atoms with Gasteiger partial charge in [0.1, 0.15) is 5.15 Å². The van der Waals surface area contributed by atoms with Crippen LogP contribution < -0.4 is 4.90 Å². The lowest BCUT2D eigenvalue weighted by molar-refractivity contribution is 0.285. The Bertz CT molecular complexity index is 342. The summed E-state index contributed by atoms with van der Waals surface area (Å²) < 4.78 is 0. The Morgan fingerprint density at radius 2 is 2.40 bits per heavy atom. The van der Waals surface area contributed by atoms with Crippen molar-refractivity contribution in [2.45, 2.75) is 38.8 Å². The summed E-state index contributed by atoms with van der Waals surface area (Å²) in [6, 6.07) is 0.535. The maximum atomic E-state index is 9.06. The predicted molar refractivity (Wildman–Crippen MR) is 63.7 cm³/mol. The van der Waals surface area contributed by atoms with Crippen LogP contribution in [0.5, 0.6) is 0 Å². The van der Waals surface area contributed by atoms with Gasteiger partial charge in [-0.25, -0.2) is 4.98 Å². The smallest absolute Gasteiger partial charge is 0.187 e. The fourth-order valence-corrected chi connectivity index (χ4v) is 3.17. The molecule has 15 heavy (non-hydrogen) atoms. The summed E-state index contributed by atoms with van der Waals surface area (Å²) in [5.74, 6) is 0. The van der Waals surface area contributed by atoms with Gasteiger partial charge in [0.05, 0.1) is 11.5 Å². The molecule has 0 spiro atoms. The van der Waals surface area contributed by atoms with Gasteiger partial charge in [0.25, 0.3) is 0 Å². The largest absolute Gasteiger partial charge is 0.391 e. The fraction of sp³-hybridized carbons (Fsp3) is 0.700. The van der Waals surface area contributed by atoms with Crippen molar-refractivity contribution >= 4 is 28.1 Å². The van der Waals surface area contributed by atoms with Crippen LogP contribution in [-0.4, -0.2) is 22.7 Å². The second-order valence-electron chi connectivity index (χ2n) is 3.91. The number of piperidine rings is 1. The quantitative estimate of drug-likeness (QED) is 0.872. The van der Waals surface area contributed by atoms with Crippen molar-refractivity contribution in [1.29, 1.82) is 0 Å². The van der Waals surface area contributed by atoms with Crippen LogP contribution in [0.1, 0.15) is 31.1 Å². The molecule has 2 rings (SSSR count). The average molecular weight is 247 g/mol. The molecule has 0 aliphatic carbocycles. The molecule has 0 radical (unpaired) electrons. The van der Waals surface area contributed by atoms with E-state index >= 15 is 0 Å². The van der Waals surface area contributed by atoms with Crippen molar-refractivity contribution in [1.82, 2.24) is 4.98 Å². The summed E-state index contributed by atoms with van der Waals surface area (Å²) in [6.07, 6.45) is 3.73. The van der Waals surface area contributed by atoms with E-state index < -0.39 is 0 Å². The molecule has 0 saturated carbocycles. The third-order valence-electron chi connectivity index (χ3n) is 2.83. The molecule has 1 aromatic rings. The molecule has 84 valence electrons. The maximum Gasteiger partial charge on any atom is 0.187 e. The van der Waals surface area contributed by atoms with Crippen molar-refractivity contribution < 1.29 is 5.11 Å². The minimum atomic E-state index is -0.0152. The van der Waals surface area contributed by atoms with E-state index in [0.29, 0.717) is 11.2 Å². The Kier molecular flexibility index (Phi) is 3.49. The van der Waals surface area contributed by atoms with Crippen molar-refractivity contribution in [2.24, 2.45) is 0 Å². The highest BCUT2D eigenvalue weighted by Crippen LogP contribution is 2.33. The SMILES string of the molecule is CC1CCCCN1c1nc(Cl)c(CO)s1. The summed E-state index contributed by atoms with van der Waals surface area (Å²) in [5.41, 5.74) is 0. The summed E-state index contributed by atoms with van der Waals surface area (Å²) >= 11 is 7.43. The number of nitrogens with zero attached hydrogens (tertiary/aromatic N) is 2. The normalized spacial score (nSPS) is 22.1. The molecular weight excluding hydrogens is 232 g/mol. The molecule has 1 aliphatic rings. The van der Waals surface area contributed by atoms with Gasteiger partial charge in [-0.05, 0) is 26.2 Å². The Morgan fingerprint density at radius 3 is 3.00 bits per heavy atom. The van der Waals surface area contributed by atoms with Crippen LogP contribution in [0.15, 0.2) is 0 Å². The minimum Gasteiger partial charge on any atom is -0.391 e. The molecule has 1 aliphatic heterocycles. The van der Waals surface area contributed by atoms with Crippen LogP contribution in [0.3, 0.4) is 0 Å². The standard InChI is InChI=1S/C10H15ClN2OS/c1-7-4-2-3-5-13(7)10-12-9(11)8(6-14)15-10/h7,14H,2-6H2,1H3. The zero-order valence-electron chi connectivity index (χ0n) is 8.74. The van der Waals surface area contributed by atoms with Gasteiger partial charge in [-0.1, -0.05) is 22.9 Å². The monoisotopic (exact) mass is 246 g/mol. The van der Waals surface area contributed by atoms with Gasteiger partial charge in [-0.3, -0.25) is 0 Å². The average Bonchev–Trinajstić information content (AvgIpc) is 2.60. The van der Waals surface area contributed by atoms with Crippen LogP contribution in [0.2, 0.25) is 5.15 Å². The summed E-state index contributed by atoms with van der Waals surface area (Å²) in [5, 5.41) is 10.5. The van der Waals surface area contributed by atoms with Gasteiger partial charge in [0.2, 0.25) is 0 Å². The Labute approximate surface area is 98.7 Å². The van der Waals surface area contributed by atoms with E-state index in [9.17, 15) is 0 Å². The van der Waals surface area contributed by atoms with E-state index in [0.717, 1.165) is 16.6 Å². The van der Waals surface area contributed by atoms with E-state index in [1.54, 1.807) is 0 Å². The Morgan fingerprint density at radius 1 is 1.60 bits per heavy atom. The van der Waals surface area contributed by atoms with E-state index in [4.69, 9.17) is 16.7 Å². The highest BCUT2D eigenvalue weighted by molar-refractivity contribution is 7.16. The third kappa shape index (κ3) is 2.27. The van der Waals surface area contributed by atoms with Crippen LogP contribution >= 0.6 is 22.9 Å².